The van der Waals surface area contributed by atoms with Gasteiger partial charge < -0.3 is 9.32 Å². The predicted molar refractivity (Wildman–Crippen MR) is 82.4 cm³/mol. The molecule has 0 N–H and O–H groups in total. The average Bonchev–Trinajstić information content (AvgIpc) is 3.23. The molecule has 0 unspecified atom stereocenters. The number of likely N-dealkylation sites (tertiary alicyclic amines) is 2. The first-order valence-electron chi connectivity index (χ1n) is 8.38. The highest BCUT2D eigenvalue weighted by molar-refractivity contribution is 5.92. The van der Waals surface area contributed by atoms with E-state index in [1.54, 1.807) is 0 Å². The van der Waals surface area contributed by atoms with E-state index in [0.717, 1.165) is 38.1 Å². The highest BCUT2D eigenvalue weighted by Crippen LogP contribution is 2.31. The van der Waals surface area contributed by atoms with Crippen LogP contribution in [0.25, 0.3) is 0 Å². The van der Waals surface area contributed by atoms with Crippen LogP contribution in [0.1, 0.15) is 55.8 Å². The maximum absolute atomic E-state index is 12.8. The fourth-order valence-electron chi connectivity index (χ4n) is 3.95. The van der Waals surface area contributed by atoms with Gasteiger partial charge in [0.15, 0.2) is 5.76 Å². The summed E-state index contributed by atoms with van der Waals surface area (Å²) in [6, 6.07) is 4.67. The Kier molecular flexibility index (Phi) is 4.34. The molecule has 2 aliphatic rings. The maximum Gasteiger partial charge on any atom is 0.289 e. The lowest BCUT2D eigenvalue weighted by atomic mass is 10.0. The fourth-order valence-corrected chi connectivity index (χ4v) is 3.95. The molecule has 2 fully saturated rings. The Bertz CT molecular complexity index is 497. The Hall–Kier alpha value is -1.29. The zero-order valence-electron chi connectivity index (χ0n) is 13.2. The van der Waals surface area contributed by atoms with Gasteiger partial charge in [0.2, 0.25) is 0 Å². The van der Waals surface area contributed by atoms with Gasteiger partial charge >= 0.3 is 0 Å². The van der Waals surface area contributed by atoms with E-state index < -0.39 is 0 Å². The quantitative estimate of drug-likeness (QED) is 0.855. The van der Waals surface area contributed by atoms with Crippen molar-refractivity contribution in [2.45, 2.75) is 58.0 Å². The molecule has 4 nitrogen and oxygen atoms in total. The highest BCUT2D eigenvalue weighted by atomic mass is 16.4. The van der Waals surface area contributed by atoms with Gasteiger partial charge in [0, 0.05) is 25.0 Å². The van der Waals surface area contributed by atoms with E-state index in [-0.39, 0.29) is 5.91 Å². The summed E-state index contributed by atoms with van der Waals surface area (Å²) in [6.07, 6.45) is 5.57. The van der Waals surface area contributed by atoms with Crippen molar-refractivity contribution in [1.29, 1.82) is 0 Å². The number of carbonyl (C=O) groups excluding carboxylic acids is 1. The lowest BCUT2D eigenvalue weighted by Gasteiger charge is -2.34. The van der Waals surface area contributed by atoms with Gasteiger partial charge in [-0.3, -0.25) is 9.69 Å². The number of furan rings is 1. The second-order valence-electron chi connectivity index (χ2n) is 6.17. The molecule has 0 spiro atoms. The van der Waals surface area contributed by atoms with Crippen LogP contribution in [0.3, 0.4) is 0 Å². The van der Waals surface area contributed by atoms with Gasteiger partial charge in [-0.15, -0.1) is 0 Å². The molecule has 116 valence electrons. The van der Waals surface area contributed by atoms with Gasteiger partial charge in [-0.05, 0) is 50.9 Å². The molecule has 1 aromatic heterocycles. The van der Waals surface area contributed by atoms with Gasteiger partial charge in [0.1, 0.15) is 5.76 Å². The molecule has 0 aliphatic carbocycles. The summed E-state index contributed by atoms with van der Waals surface area (Å²) < 4.78 is 5.67. The SMILES string of the molecule is CCc1ccc(C(=O)N2CCC[C@H]2[C@H]2CCCN2CC)o1. The summed E-state index contributed by atoms with van der Waals surface area (Å²) in [5.74, 6) is 1.49. The van der Waals surface area contributed by atoms with E-state index in [4.69, 9.17) is 4.42 Å². The Labute approximate surface area is 127 Å². The molecule has 3 rings (SSSR count). The largest absolute Gasteiger partial charge is 0.456 e. The summed E-state index contributed by atoms with van der Waals surface area (Å²) in [4.78, 5) is 17.4. The van der Waals surface area contributed by atoms with Gasteiger partial charge in [0.25, 0.3) is 5.91 Å². The second-order valence-corrected chi connectivity index (χ2v) is 6.17. The summed E-state index contributed by atoms with van der Waals surface area (Å²) >= 11 is 0. The Morgan fingerprint density at radius 2 is 1.95 bits per heavy atom. The number of aryl methyl sites for hydroxylation is 1. The van der Waals surface area contributed by atoms with Crippen LogP contribution in [-0.4, -0.2) is 47.4 Å². The van der Waals surface area contributed by atoms with Crippen LogP contribution in [0.4, 0.5) is 0 Å². The van der Waals surface area contributed by atoms with E-state index in [2.05, 4.69) is 16.7 Å². The Balaban J connectivity index is 1.75. The first-order valence-corrected chi connectivity index (χ1v) is 8.38. The molecule has 2 atom stereocenters. The van der Waals surface area contributed by atoms with E-state index >= 15 is 0 Å². The third kappa shape index (κ3) is 2.73. The molecule has 0 saturated carbocycles. The number of likely N-dealkylation sites (N-methyl/N-ethyl adjacent to an activating group) is 1. The standard InChI is InChI=1S/C17H26N2O2/c1-3-13-9-10-16(21-13)17(20)19-12-6-8-15(19)14-7-5-11-18(14)4-2/h9-10,14-15H,3-8,11-12H2,1-2H3/t14-,15+/m1/s1. The first kappa shape index (κ1) is 14.6. The number of rotatable bonds is 4. The van der Waals surface area contributed by atoms with Crippen molar-refractivity contribution in [2.75, 3.05) is 19.6 Å². The molecule has 0 radical (unpaired) electrons. The van der Waals surface area contributed by atoms with Crippen molar-refractivity contribution in [3.05, 3.63) is 23.7 Å². The lowest BCUT2D eigenvalue weighted by molar-refractivity contribution is 0.0617. The minimum absolute atomic E-state index is 0.0835. The van der Waals surface area contributed by atoms with Gasteiger partial charge in [-0.1, -0.05) is 13.8 Å². The molecule has 1 aromatic rings. The van der Waals surface area contributed by atoms with Crippen LogP contribution < -0.4 is 0 Å². The van der Waals surface area contributed by atoms with Crippen molar-refractivity contribution < 1.29 is 9.21 Å². The predicted octanol–water partition coefficient (Wildman–Crippen LogP) is 2.93. The zero-order valence-corrected chi connectivity index (χ0v) is 13.2. The molecule has 21 heavy (non-hydrogen) atoms. The maximum atomic E-state index is 12.8. The van der Waals surface area contributed by atoms with Crippen LogP contribution in [0.2, 0.25) is 0 Å². The van der Waals surface area contributed by atoms with Gasteiger partial charge in [0.05, 0.1) is 0 Å². The van der Waals surface area contributed by atoms with Crippen molar-refractivity contribution >= 4 is 5.91 Å². The third-order valence-electron chi connectivity index (χ3n) is 5.05. The summed E-state index contributed by atoms with van der Waals surface area (Å²) in [6.45, 7) is 7.41. The van der Waals surface area contributed by atoms with Gasteiger partial charge in [-0.25, -0.2) is 0 Å². The van der Waals surface area contributed by atoms with E-state index in [9.17, 15) is 4.79 Å². The van der Waals surface area contributed by atoms with E-state index in [0.29, 0.717) is 17.8 Å². The third-order valence-corrected chi connectivity index (χ3v) is 5.05. The normalized spacial score (nSPS) is 26.7. The monoisotopic (exact) mass is 290 g/mol. The van der Waals surface area contributed by atoms with Gasteiger partial charge in [-0.2, -0.15) is 0 Å². The minimum atomic E-state index is 0.0835. The zero-order chi connectivity index (χ0) is 14.8. The highest BCUT2D eigenvalue weighted by Gasteiger charge is 2.39. The number of nitrogens with zero attached hydrogens (tertiary/aromatic N) is 2. The Morgan fingerprint density at radius 3 is 2.67 bits per heavy atom. The number of hydrogen-bond acceptors (Lipinski definition) is 3. The number of hydrogen-bond donors (Lipinski definition) is 0. The second kappa shape index (κ2) is 6.22. The molecule has 0 bridgehead atoms. The lowest BCUT2D eigenvalue weighted by Crippen LogP contribution is -2.48. The molecule has 4 heteroatoms. The Morgan fingerprint density at radius 1 is 1.19 bits per heavy atom. The summed E-state index contributed by atoms with van der Waals surface area (Å²) in [5, 5.41) is 0. The van der Waals surface area contributed by atoms with E-state index in [1.807, 2.05) is 19.1 Å². The fraction of sp³-hybridized carbons (Fsp3) is 0.706. The molecule has 2 aliphatic heterocycles. The molecule has 2 saturated heterocycles. The number of amides is 1. The first-order chi connectivity index (χ1) is 10.2. The molecule has 3 heterocycles. The van der Waals surface area contributed by atoms with Crippen molar-refractivity contribution in [2.24, 2.45) is 0 Å². The van der Waals surface area contributed by atoms with Crippen LogP contribution in [0.5, 0.6) is 0 Å². The molecule has 0 aromatic carbocycles. The molecule has 1 amide bonds. The molecular formula is C17H26N2O2. The van der Waals surface area contributed by atoms with Crippen molar-refractivity contribution in [3.8, 4) is 0 Å². The van der Waals surface area contributed by atoms with Crippen molar-refractivity contribution in [1.82, 2.24) is 9.80 Å². The topological polar surface area (TPSA) is 36.7 Å². The van der Waals surface area contributed by atoms with Crippen LogP contribution >= 0.6 is 0 Å². The minimum Gasteiger partial charge on any atom is -0.456 e. The summed E-state index contributed by atoms with van der Waals surface area (Å²) in [5.41, 5.74) is 0. The average molecular weight is 290 g/mol. The smallest absolute Gasteiger partial charge is 0.289 e. The van der Waals surface area contributed by atoms with Crippen LogP contribution in [0, 0.1) is 0 Å². The van der Waals surface area contributed by atoms with Crippen molar-refractivity contribution in [3.63, 3.8) is 0 Å². The van der Waals surface area contributed by atoms with E-state index in [1.165, 1.54) is 19.4 Å². The van der Waals surface area contributed by atoms with Crippen LogP contribution in [0.15, 0.2) is 16.5 Å². The number of carbonyl (C=O) groups is 1. The van der Waals surface area contributed by atoms with Crippen LogP contribution in [-0.2, 0) is 6.42 Å². The summed E-state index contributed by atoms with van der Waals surface area (Å²) in [7, 11) is 0. The molecular weight excluding hydrogens is 264 g/mol.